The number of phenolic OH excluding ortho intramolecular Hbond substituents is 1. The largest absolute Gasteiger partial charge is 0.505 e. The molecule has 1 fully saturated rings. The molecule has 2 aliphatic rings. The van der Waals surface area contributed by atoms with Crippen LogP contribution in [0.5, 0.6) is 5.75 Å². The third kappa shape index (κ3) is 3.47. The van der Waals surface area contributed by atoms with Crippen molar-refractivity contribution >= 4 is 21.8 Å². The third-order valence-electron chi connectivity index (χ3n) is 9.09. The van der Waals surface area contributed by atoms with E-state index >= 15 is 0 Å². The number of benzene rings is 4. The summed E-state index contributed by atoms with van der Waals surface area (Å²) in [5, 5.41) is 14.4. The number of allylic oxidation sites excluding steroid dienone is 4. The predicted molar refractivity (Wildman–Crippen MR) is 159 cm³/mol. The minimum Gasteiger partial charge on any atom is -0.505 e. The number of aryl methyl sites for hydroxylation is 1. The molecule has 1 aromatic heterocycles. The Hall–Kier alpha value is -4.04. The zero-order valence-corrected chi connectivity index (χ0v) is 22.3. The second-order valence-corrected chi connectivity index (χ2v) is 11.3. The summed E-state index contributed by atoms with van der Waals surface area (Å²) in [5.74, 6) is 2.06. The number of aromatic nitrogens is 1. The Morgan fingerprint density at radius 1 is 0.658 bits per heavy atom. The van der Waals surface area contributed by atoms with E-state index in [-0.39, 0.29) is 0 Å². The summed E-state index contributed by atoms with van der Waals surface area (Å²) in [6.07, 6.45) is 6.97. The van der Waals surface area contributed by atoms with Crippen molar-refractivity contribution in [3.05, 3.63) is 119 Å². The first-order valence-electron chi connectivity index (χ1n) is 13.8. The highest BCUT2D eigenvalue weighted by molar-refractivity contribution is 6.09. The number of rotatable bonds is 3. The molecule has 4 aromatic carbocycles. The third-order valence-corrected chi connectivity index (χ3v) is 9.09. The molecule has 0 radical (unpaired) electrons. The molecule has 7 rings (SSSR count). The van der Waals surface area contributed by atoms with Gasteiger partial charge in [0, 0.05) is 16.3 Å². The second kappa shape index (κ2) is 8.77. The molecule has 0 saturated heterocycles. The minimum atomic E-state index is 0.345. The van der Waals surface area contributed by atoms with Crippen LogP contribution in [0.3, 0.4) is 0 Å². The molecular weight excluding hydrogens is 462 g/mol. The van der Waals surface area contributed by atoms with Crippen LogP contribution < -0.4 is 0 Å². The van der Waals surface area contributed by atoms with Gasteiger partial charge in [0.2, 0.25) is 0 Å². The molecule has 2 atom stereocenters. The first-order chi connectivity index (χ1) is 18.5. The first-order valence-corrected chi connectivity index (χ1v) is 13.8. The maximum absolute atomic E-state index is 12.0. The highest BCUT2D eigenvalue weighted by Crippen LogP contribution is 2.52. The van der Waals surface area contributed by atoms with E-state index in [1.165, 1.54) is 40.3 Å². The molecule has 2 unspecified atom stereocenters. The van der Waals surface area contributed by atoms with Crippen molar-refractivity contribution in [1.29, 1.82) is 0 Å². The zero-order chi connectivity index (χ0) is 26.0. The molecule has 2 aliphatic carbocycles. The Bertz CT molecular complexity index is 1700. The van der Waals surface area contributed by atoms with Crippen LogP contribution in [0.25, 0.3) is 38.6 Å². The standard InChI is InChI=1S/C36H33NO/c1-22-18-32(27-11-5-4-10-26(27)25-20-30-23(2)16-17-24(3)31(30)21-25)36(38)35(19-22)37-33-14-8-6-12-28(33)29-13-7-9-15-34(29)37/h4-19,25,30-31,38H,20-21H2,1-3H3. The molecule has 38 heavy (non-hydrogen) atoms. The van der Waals surface area contributed by atoms with Crippen LogP contribution in [0, 0.1) is 18.8 Å². The Balaban J connectivity index is 1.40. The van der Waals surface area contributed by atoms with Gasteiger partial charge in [0.15, 0.2) is 0 Å². The summed E-state index contributed by atoms with van der Waals surface area (Å²) in [6.45, 7) is 6.72. The van der Waals surface area contributed by atoms with Gasteiger partial charge in [-0.15, -0.1) is 0 Å². The number of fused-ring (bicyclic) bond motifs is 4. The predicted octanol–water partition coefficient (Wildman–Crippen LogP) is 9.48. The molecule has 0 amide bonds. The van der Waals surface area contributed by atoms with Gasteiger partial charge < -0.3 is 9.67 Å². The fraction of sp³-hybridized carbons (Fsp3) is 0.222. The lowest BCUT2D eigenvalue weighted by molar-refractivity contribution is 0.475. The van der Waals surface area contributed by atoms with Gasteiger partial charge in [-0.2, -0.15) is 0 Å². The second-order valence-electron chi connectivity index (χ2n) is 11.3. The molecule has 2 heteroatoms. The van der Waals surface area contributed by atoms with Crippen LogP contribution in [-0.4, -0.2) is 9.67 Å². The van der Waals surface area contributed by atoms with Crippen molar-refractivity contribution in [2.24, 2.45) is 11.8 Å². The number of hydrogen-bond acceptors (Lipinski definition) is 1. The average molecular weight is 496 g/mol. The van der Waals surface area contributed by atoms with E-state index in [1.807, 2.05) is 0 Å². The maximum atomic E-state index is 12.0. The van der Waals surface area contributed by atoms with Crippen molar-refractivity contribution in [3.8, 4) is 22.6 Å². The molecule has 0 bridgehead atoms. The highest BCUT2D eigenvalue weighted by atomic mass is 16.3. The van der Waals surface area contributed by atoms with Crippen molar-refractivity contribution < 1.29 is 5.11 Å². The quantitative estimate of drug-likeness (QED) is 0.265. The monoisotopic (exact) mass is 495 g/mol. The van der Waals surface area contributed by atoms with Crippen LogP contribution in [0.4, 0.5) is 0 Å². The summed E-state index contributed by atoms with van der Waals surface area (Å²) in [4.78, 5) is 0. The molecule has 0 spiro atoms. The zero-order valence-electron chi connectivity index (χ0n) is 22.3. The molecule has 1 heterocycles. The average Bonchev–Trinajstić information content (AvgIpc) is 3.53. The van der Waals surface area contributed by atoms with E-state index in [0.29, 0.717) is 23.5 Å². The summed E-state index contributed by atoms with van der Waals surface area (Å²) >= 11 is 0. The number of phenols is 1. The molecule has 188 valence electrons. The van der Waals surface area contributed by atoms with Gasteiger partial charge in [0.05, 0.1) is 16.7 Å². The van der Waals surface area contributed by atoms with E-state index in [9.17, 15) is 5.11 Å². The summed E-state index contributed by atoms with van der Waals surface area (Å²) in [6, 6.07) is 30.0. The van der Waals surface area contributed by atoms with Crippen molar-refractivity contribution in [3.63, 3.8) is 0 Å². The molecule has 1 N–H and O–H groups in total. The lowest BCUT2D eigenvalue weighted by Crippen LogP contribution is -2.13. The summed E-state index contributed by atoms with van der Waals surface area (Å²) in [5.41, 5.74) is 10.6. The number of nitrogens with zero attached hydrogens (tertiary/aromatic N) is 1. The van der Waals surface area contributed by atoms with E-state index in [1.54, 1.807) is 0 Å². The van der Waals surface area contributed by atoms with Gasteiger partial charge in [-0.1, -0.05) is 84.0 Å². The van der Waals surface area contributed by atoms with E-state index in [2.05, 4.69) is 122 Å². The Labute approximate surface area is 224 Å². The van der Waals surface area contributed by atoms with Gasteiger partial charge in [-0.25, -0.2) is 0 Å². The van der Waals surface area contributed by atoms with Crippen molar-refractivity contribution in [2.75, 3.05) is 0 Å². The lowest BCUT2D eigenvalue weighted by atomic mass is 9.81. The van der Waals surface area contributed by atoms with Gasteiger partial charge in [0.1, 0.15) is 5.75 Å². The van der Waals surface area contributed by atoms with Gasteiger partial charge in [0.25, 0.3) is 0 Å². The molecule has 0 aliphatic heterocycles. The molecule has 1 saturated carbocycles. The Kier molecular flexibility index (Phi) is 5.33. The molecule has 2 nitrogen and oxygen atoms in total. The van der Waals surface area contributed by atoms with Crippen molar-refractivity contribution in [1.82, 2.24) is 4.57 Å². The summed E-state index contributed by atoms with van der Waals surface area (Å²) in [7, 11) is 0. The fourth-order valence-corrected chi connectivity index (χ4v) is 7.22. The normalized spacial score (nSPS) is 21.0. The lowest BCUT2D eigenvalue weighted by Gasteiger charge is -2.24. The van der Waals surface area contributed by atoms with Crippen LogP contribution >= 0.6 is 0 Å². The van der Waals surface area contributed by atoms with Crippen LogP contribution in [-0.2, 0) is 0 Å². The fourth-order valence-electron chi connectivity index (χ4n) is 7.22. The Morgan fingerprint density at radius 3 is 1.84 bits per heavy atom. The van der Waals surface area contributed by atoms with E-state index < -0.39 is 0 Å². The van der Waals surface area contributed by atoms with Crippen molar-refractivity contribution in [2.45, 2.75) is 39.5 Å². The van der Waals surface area contributed by atoms with E-state index in [4.69, 9.17) is 0 Å². The molecule has 5 aromatic rings. The topological polar surface area (TPSA) is 25.2 Å². The minimum absolute atomic E-state index is 0.345. The Morgan fingerprint density at radius 2 is 1.21 bits per heavy atom. The maximum Gasteiger partial charge on any atom is 0.147 e. The van der Waals surface area contributed by atoms with Gasteiger partial charge in [-0.3, -0.25) is 0 Å². The highest BCUT2D eigenvalue weighted by Gasteiger charge is 2.38. The van der Waals surface area contributed by atoms with Crippen LogP contribution in [0.1, 0.15) is 43.7 Å². The number of hydrogen-bond donors (Lipinski definition) is 1. The van der Waals surface area contributed by atoms with Gasteiger partial charge >= 0.3 is 0 Å². The smallest absolute Gasteiger partial charge is 0.147 e. The molecular formula is C36H33NO. The first kappa shape index (κ1) is 23.1. The van der Waals surface area contributed by atoms with E-state index in [0.717, 1.165) is 33.4 Å². The van der Waals surface area contributed by atoms with Gasteiger partial charge in [-0.05, 0) is 92.3 Å². The number of para-hydroxylation sites is 2. The number of aromatic hydroxyl groups is 1. The van der Waals surface area contributed by atoms with Crippen LogP contribution in [0.2, 0.25) is 0 Å². The summed E-state index contributed by atoms with van der Waals surface area (Å²) < 4.78 is 2.23. The van der Waals surface area contributed by atoms with Crippen LogP contribution in [0.15, 0.2) is 108 Å². The SMILES string of the molecule is CC1=CC=C(C)C2CC(c3ccccc3-c3cc(C)cc(-n4c5ccccc5c5ccccc54)c3O)CC12.